The van der Waals surface area contributed by atoms with Crippen LogP contribution in [0.3, 0.4) is 0 Å². The van der Waals surface area contributed by atoms with Crippen LogP contribution in [0.5, 0.6) is 0 Å². The highest BCUT2D eigenvalue weighted by molar-refractivity contribution is 7.99. The van der Waals surface area contributed by atoms with Gasteiger partial charge in [-0.2, -0.15) is 0 Å². The number of hydrogen-bond donors (Lipinski definition) is 3. The maximum atomic E-state index is 15.6. The Hall–Kier alpha value is -5.33. The van der Waals surface area contributed by atoms with Crippen LogP contribution in [0.15, 0.2) is 112 Å². The number of thioether (sulfide) groups is 1. The van der Waals surface area contributed by atoms with Crippen LogP contribution in [0.4, 0.5) is 21.0 Å². The number of amides is 2. The molecule has 0 aliphatic carbocycles. The van der Waals surface area contributed by atoms with Gasteiger partial charge in [0.15, 0.2) is 10.9 Å². The second-order valence-corrected chi connectivity index (χ2v) is 17.6. The van der Waals surface area contributed by atoms with Crippen LogP contribution >= 0.6 is 23.1 Å². The van der Waals surface area contributed by atoms with Gasteiger partial charge in [-0.1, -0.05) is 36.4 Å². The van der Waals surface area contributed by atoms with E-state index in [0.29, 0.717) is 60.6 Å². The summed E-state index contributed by atoms with van der Waals surface area (Å²) in [5.74, 6) is -0.873. The van der Waals surface area contributed by atoms with E-state index in [4.69, 9.17) is 4.74 Å². The zero-order valence-corrected chi connectivity index (χ0v) is 33.8. The third-order valence-corrected chi connectivity index (χ3v) is 13.5. The van der Waals surface area contributed by atoms with Crippen LogP contribution in [-0.4, -0.2) is 90.7 Å². The minimum atomic E-state index is -4.44. The number of carbonyl (C=O) groups is 2. The minimum Gasteiger partial charge on any atom is -0.379 e. The van der Waals surface area contributed by atoms with Crippen LogP contribution in [-0.2, 0) is 27.7 Å². The molecule has 17 heteroatoms. The number of benzene rings is 3. The van der Waals surface area contributed by atoms with Gasteiger partial charge in [-0.05, 0) is 72.5 Å². The predicted molar refractivity (Wildman–Crippen MR) is 224 cm³/mol. The Labute approximate surface area is 343 Å². The summed E-state index contributed by atoms with van der Waals surface area (Å²) < 4.78 is 51.6. The zero-order valence-electron chi connectivity index (χ0n) is 31.3. The highest BCUT2D eigenvalue weighted by Gasteiger charge is 2.27. The Bertz CT molecular complexity index is 2490. The minimum absolute atomic E-state index is 0.0926. The maximum Gasteiger partial charge on any atom is 0.284 e. The summed E-state index contributed by atoms with van der Waals surface area (Å²) in [7, 11) is -4.44. The van der Waals surface area contributed by atoms with Crippen molar-refractivity contribution in [3.63, 3.8) is 0 Å². The summed E-state index contributed by atoms with van der Waals surface area (Å²) >= 11 is 2.86. The molecule has 2 aliphatic heterocycles. The van der Waals surface area contributed by atoms with E-state index in [1.165, 1.54) is 28.8 Å². The molecular weight excluding hydrogens is 800 g/mol. The van der Waals surface area contributed by atoms with Gasteiger partial charge in [0.1, 0.15) is 17.2 Å². The molecule has 0 radical (unpaired) electrons. The number of sulfonamides is 1. The van der Waals surface area contributed by atoms with Crippen LogP contribution in [0.25, 0.3) is 5.65 Å². The van der Waals surface area contributed by atoms with Crippen molar-refractivity contribution in [2.75, 3.05) is 60.7 Å². The summed E-state index contributed by atoms with van der Waals surface area (Å²) in [5.41, 5.74) is 3.16. The van der Waals surface area contributed by atoms with Gasteiger partial charge in [-0.15, -0.1) is 23.1 Å². The number of nitrogens with zero attached hydrogens (tertiary/aromatic N) is 5. The van der Waals surface area contributed by atoms with Crippen LogP contribution < -0.4 is 20.3 Å². The number of fused-ring (bicyclic) bond motifs is 2. The van der Waals surface area contributed by atoms with Crippen molar-refractivity contribution < 1.29 is 27.1 Å². The zero-order chi connectivity index (χ0) is 40.1. The lowest BCUT2D eigenvalue weighted by Gasteiger charge is -2.29. The lowest BCUT2D eigenvalue weighted by molar-refractivity contribution is 0.0370. The number of ether oxygens (including phenoxy) is 1. The normalized spacial score (nSPS) is 15.2. The molecule has 0 saturated carbocycles. The van der Waals surface area contributed by atoms with E-state index in [2.05, 4.69) is 30.2 Å². The Morgan fingerprint density at radius 1 is 0.948 bits per heavy atom. The van der Waals surface area contributed by atoms with Crippen LogP contribution in [0, 0.1) is 5.82 Å². The monoisotopic (exact) mass is 840 g/mol. The molecule has 6 aromatic rings. The first-order valence-electron chi connectivity index (χ1n) is 18.9. The van der Waals surface area contributed by atoms with Gasteiger partial charge in [0, 0.05) is 66.6 Å². The summed E-state index contributed by atoms with van der Waals surface area (Å²) in [6.45, 7) is 4.79. The van der Waals surface area contributed by atoms with Gasteiger partial charge >= 0.3 is 0 Å². The summed E-state index contributed by atoms with van der Waals surface area (Å²) in [6.07, 6.45) is 4.98. The Balaban J connectivity index is 0.906. The van der Waals surface area contributed by atoms with E-state index < -0.39 is 21.7 Å². The van der Waals surface area contributed by atoms with Crippen molar-refractivity contribution in [1.82, 2.24) is 24.0 Å². The number of aromatic nitrogens is 3. The number of rotatable bonds is 14. The molecule has 3 aromatic heterocycles. The number of pyridine rings is 1. The standard InChI is InChI=1S/C41H41FN8O5S3/c42-34-23-31(12-13-35(34)43-29(15-17-48-19-21-55-22-20-48)26-56-30-8-2-1-3-9-30)58(53,54)47-40(52)36-27-57-41(44-36)50-18-14-28-7-6-10-32(33(28)24-50)39(51)46-37-25-49-16-5-4-11-38(49)45-37/h1-13,16,23,25,27,29,43H,14-15,17-22,24,26H2,(H,46,51)(H,47,52)/t29-/m1/s1. The van der Waals surface area contributed by atoms with Gasteiger partial charge in [-0.3, -0.25) is 14.5 Å². The highest BCUT2D eigenvalue weighted by atomic mass is 32.2. The van der Waals surface area contributed by atoms with E-state index in [-0.39, 0.29) is 28.2 Å². The van der Waals surface area contributed by atoms with Crippen molar-refractivity contribution in [1.29, 1.82) is 0 Å². The fraction of sp³-hybridized carbons (Fsp3) is 0.268. The maximum absolute atomic E-state index is 15.6. The molecule has 8 rings (SSSR count). The number of thiazole rings is 1. The quantitative estimate of drug-likeness (QED) is 0.108. The first kappa shape index (κ1) is 39.5. The number of nitrogens with one attached hydrogen (secondary N) is 3. The van der Waals surface area contributed by atoms with Gasteiger partial charge in [0.25, 0.3) is 21.8 Å². The van der Waals surface area contributed by atoms with Gasteiger partial charge in [0.05, 0.1) is 30.0 Å². The molecule has 0 bridgehead atoms. The Kier molecular flexibility index (Phi) is 12.0. The summed E-state index contributed by atoms with van der Waals surface area (Å²) in [6, 6.07) is 24.7. The average Bonchev–Trinajstić information content (AvgIpc) is 3.90. The van der Waals surface area contributed by atoms with Gasteiger partial charge < -0.3 is 24.7 Å². The molecule has 0 unspecified atom stereocenters. The fourth-order valence-corrected chi connectivity index (χ4v) is 9.75. The molecule has 3 aromatic carbocycles. The van der Waals surface area contributed by atoms with Crippen molar-refractivity contribution in [3.05, 3.63) is 131 Å². The number of anilines is 3. The fourth-order valence-electron chi connectivity index (χ4n) is 6.96. The van der Waals surface area contributed by atoms with Crippen molar-refractivity contribution >= 4 is 67.2 Å². The second-order valence-electron chi connectivity index (χ2n) is 14.0. The van der Waals surface area contributed by atoms with Crippen LogP contribution in [0.2, 0.25) is 0 Å². The smallest absolute Gasteiger partial charge is 0.284 e. The topological polar surface area (TPSA) is 150 Å². The average molecular weight is 841 g/mol. The molecular formula is C41H41FN8O5S3. The van der Waals surface area contributed by atoms with E-state index in [1.807, 2.05) is 76.2 Å². The summed E-state index contributed by atoms with van der Waals surface area (Å²) in [5, 5.41) is 8.18. The third-order valence-electron chi connectivity index (χ3n) is 10.0. The molecule has 2 aliphatic rings. The summed E-state index contributed by atoms with van der Waals surface area (Å²) in [4.78, 5) is 40.6. The number of imidazole rings is 1. The number of morpholine rings is 1. The number of hydrogen-bond acceptors (Lipinski definition) is 12. The molecule has 13 nitrogen and oxygen atoms in total. The SMILES string of the molecule is O=C(NS(=O)(=O)c1ccc(N[C@H](CCN2CCOCC2)CSc2ccccc2)c(F)c1)c1csc(N2CCc3cccc(C(=O)Nc4cn5ccccc5n4)c3C2)n1. The number of carbonyl (C=O) groups excluding carboxylic acids is 2. The molecule has 300 valence electrons. The molecule has 1 atom stereocenters. The van der Waals surface area contributed by atoms with E-state index in [1.54, 1.807) is 24.0 Å². The molecule has 1 saturated heterocycles. The van der Waals surface area contributed by atoms with Crippen molar-refractivity contribution in [2.24, 2.45) is 0 Å². The Morgan fingerprint density at radius 3 is 2.59 bits per heavy atom. The molecule has 0 spiro atoms. The highest BCUT2D eigenvalue weighted by Crippen LogP contribution is 2.30. The molecule has 5 heterocycles. The Morgan fingerprint density at radius 2 is 1.78 bits per heavy atom. The largest absolute Gasteiger partial charge is 0.379 e. The third kappa shape index (κ3) is 9.34. The predicted octanol–water partition coefficient (Wildman–Crippen LogP) is 6.16. The lowest BCUT2D eigenvalue weighted by atomic mass is 9.94. The lowest BCUT2D eigenvalue weighted by Crippen LogP contribution is -2.39. The molecule has 2 amide bonds. The van der Waals surface area contributed by atoms with Crippen molar-refractivity contribution in [3.8, 4) is 0 Å². The van der Waals surface area contributed by atoms with E-state index in [9.17, 15) is 18.0 Å². The van der Waals surface area contributed by atoms with E-state index in [0.717, 1.165) is 48.1 Å². The first-order valence-corrected chi connectivity index (χ1v) is 22.2. The van der Waals surface area contributed by atoms with Gasteiger partial charge in [0.2, 0.25) is 0 Å². The van der Waals surface area contributed by atoms with Crippen molar-refractivity contribution in [2.45, 2.75) is 35.2 Å². The van der Waals surface area contributed by atoms with Gasteiger partial charge in [-0.25, -0.2) is 27.5 Å². The first-order chi connectivity index (χ1) is 28.2. The molecule has 58 heavy (non-hydrogen) atoms. The second kappa shape index (κ2) is 17.7. The number of halogens is 1. The molecule has 3 N–H and O–H groups in total. The van der Waals surface area contributed by atoms with E-state index >= 15 is 4.39 Å². The van der Waals surface area contributed by atoms with Crippen LogP contribution in [0.1, 0.15) is 38.4 Å². The molecule has 1 fully saturated rings.